The molecule has 0 bridgehead atoms. The van der Waals surface area contributed by atoms with E-state index in [0.717, 1.165) is 12.2 Å². The van der Waals surface area contributed by atoms with Gasteiger partial charge in [0.1, 0.15) is 0 Å². The predicted molar refractivity (Wildman–Crippen MR) is 53.5 cm³/mol. The summed E-state index contributed by atoms with van der Waals surface area (Å²) in [6.45, 7) is 6.46. The molecule has 2 atom stereocenters. The van der Waals surface area contributed by atoms with Crippen LogP contribution in [0.4, 0.5) is 4.79 Å². The summed E-state index contributed by atoms with van der Waals surface area (Å²) in [5.41, 5.74) is 10.4. The largest absolute Gasteiger partial charge is 0.514 e. The molecule has 5 nitrogen and oxygen atoms in total. The third-order valence-corrected chi connectivity index (χ3v) is 1.50. The van der Waals surface area contributed by atoms with Crippen LogP contribution in [0.1, 0.15) is 0 Å². The Bertz CT molecular complexity index is 229. The highest BCUT2D eigenvalue weighted by atomic mass is 35.5. The van der Waals surface area contributed by atoms with Gasteiger partial charge in [0.2, 0.25) is 0 Å². The van der Waals surface area contributed by atoms with E-state index in [4.69, 9.17) is 34.7 Å². The van der Waals surface area contributed by atoms with Crippen LogP contribution in [0.15, 0.2) is 25.3 Å². The molecule has 4 N–H and O–H groups in total. The minimum absolute atomic E-state index is 0.996. The molecular formula is C7H10Cl2N2O3. The van der Waals surface area contributed by atoms with E-state index >= 15 is 0 Å². The Kier molecular flexibility index (Phi) is 4.41. The summed E-state index contributed by atoms with van der Waals surface area (Å²) in [4.78, 5) is 10.9. The second-order valence-electron chi connectivity index (χ2n) is 2.26. The van der Waals surface area contributed by atoms with Gasteiger partial charge in [-0.25, -0.2) is 4.79 Å². The minimum atomic E-state index is -1.86. The molecule has 0 aliphatic carbocycles. The van der Waals surface area contributed by atoms with Gasteiger partial charge in [-0.1, -0.05) is 36.4 Å². The molecule has 14 heavy (non-hydrogen) atoms. The first-order valence-corrected chi connectivity index (χ1v) is 4.13. The fraction of sp³-hybridized carbons (Fsp3) is 0.286. The van der Waals surface area contributed by atoms with Crippen LogP contribution in [0.5, 0.6) is 0 Å². The van der Waals surface area contributed by atoms with E-state index < -0.39 is 16.5 Å². The van der Waals surface area contributed by atoms with Gasteiger partial charge < -0.3 is 9.47 Å². The van der Waals surface area contributed by atoms with Gasteiger partial charge in [0, 0.05) is 0 Å². The maximum absolute atomic E-state index is 10.9. The van der Waals surface area contributed by atoms with Gasteiger partial charge in [-0.2, -0.15) is 0 Å². The fourth-order valence-electron chi connectivity index (χ4n) is 0.360. The molecule has 0 aliphatic rings. The average Bonchev–Trinajstić information content (AvgIpc) is 2.02. The number of carbonyl (C=O) groups is 1. The number of rotatable bonds is 4. The Balaban J connectivity index is 4.25. The number of ether oxygens (including phenoxy) is 2. The summed E-state index contributed by atoms with van der Waals surface area (Å²) in [5, 5.41) is -3.71. The number of hydrogen-bond donors (Lipinski definition) is 2. The zero-order chi connectivity index (χ0) is 11.4. The Hall–Kier alpha value is -0.750. The van der Waals surface area contributed by atoms with Gasteiger partial charge in [-0.05, 0) is 12.2 Å². The monoisotopic (exact) mass is 240 g/mol. The van der Waals surface area contributed by atoms with Crippen molar-refractivity contribution < 1.29 is 14.3 Å². The van der Waals surface area contributed by atoms with E-state index in [-0.39, 0.29) is 0 Å². The van der Waals surface area contributed by atoms with Gasteiger partial charge in [-0.3, -0.25) is 11.5 Å². The van der Waals surface area contributed by atoms with E-state index in [0.29, 0.717) is 0 Å². The quantitative estimate of drug-likeness (QED) is 0.254. The lowest BCUT2D eigenvalue weighted by Crippen LogP contribution is -2.41. The predicted octanol–water partition coefficient (Wildman–Crippen LogP) is 1.21. The van der Waals surface area contributed by atoms with Gasteiger partial charge in [0.15, 0.2) is 0 Å². The number of hydrogen-bond acceptors (Lipinski definition) is 5. The van der Waals surface area contributed by atoms with E-state index in [9.17, 15) is 4.79 Å². The molecule has 2 unspecified atom stereocenters. The second kappa shape index (κ2) is 4.65. The normalized spacial score (nSPS) is 18.6. The summed E-state index contributed by atoms with van der Waals surface area (Å²) in [6.07, 6.45) is 0.756. The van der Waals surface area contributed by atoms with Crippen molar-refractivity contribution in [2.24, 2.45) is 11.5 Å². The van der Waals surface area contributed by atoms with Crippen molar-refractivity contribution >= 4 is 29.4 Å². The number of alkyl halides is 2. The van der Waals surface area contributed by atoms with E-state index in [1.807, 2.05) is 0 Å². The highest BCUT2D eigenvalue weighted by Gasteiger charge is 2.29. The van der Waals surface area contributed by atoms with Crippen molar-refractivity contribution in [1.29, 1.82) is 0 Å². The van der Waals surface area contributed by atoms with E-state index in [2.05, 4.69) is 22.6 Å². The lowest BCUT2D eigenvalue weighted by atomic mass is 10.5. The van der Waals surface area contributed by atoms with E-state index in [1.165, 1.54) is 0 Å². The number of carbonyl (C=O) groups excluding carboxylic acids is 1. The van der Waals surface area contributed by atoms with Gasteiger partial charge in [0.05, 0.1) is 0 Å². The highest BCUT2D eigenvalue weighted by molar-refractivity contribution is 6.25. The van der Waals surface area contributed by atoms with Crippen LogP contribution in [0.25, 0.3) is 0 Å². The molecule has 0 aromatic rings. The van der Waals surface area contributed by atoms with Crippen LogP contribution in [-0.4, -0.2) is 16.5 Å². The molecule has 0 rings (SSSR count). The molecular weight excluding hydrogens is 231 g/mol. The third kappa shape index (κ3) is 5.08. The van der Waals surface area contributed by atoms with Crippen LogP contribution in [-0.2, 0) is 9.47 Å². The molecule has 0 heterocycles. The molecule has 0 spiro atoms. The number of nitrogens with two attached hydrogens (primary N) is 2. The van der Waals surface area contributed by atoms with Gasteiger partial charge >= 0.3 is 6.16 Å². The summed E-state index contributed by atoms with van der Waals surface area (Å²) in [6, 6.07) is 0. The van der Waals surface area contributed by atoms with E-state index in [1.54, 1.807) is 0 Å². The van der Waals surface area contributed by atoms with Crippen LogP contribution < -0.4 is 11.5 Å². The summed E-state index contributed by atoms with van der Waals surface area (Å²) in [5.74, 6) is 0. The minimum Gasteiger partial charge on any atom is -0.394 e. The molecule has 0 radical (unpaired) electrons. The molecule has 0 aromatic carbocycles. The van der Waals surface area contributed by atoms with Crippen molar-refractivity contribution in [3.63, 3.8) is 0 Å². The van der Waals surface area contributed by atoms with Crippen molar-refractivity contribution in [2.45, 2.75) is 10.4 Å². The first-order chi connectivity index (χ1) is 6.22. The molecule has 0 aliphatic heterocycles. The first-order valence-electron chi connectivity index (χ1n) is 3.37. The van der Waals surface area contributed by atoms with Crippen molar-refractivity contribution in [3.8, 4) is 0 Å². The van der Waals surface area contributed by atoms with Crippen LogP contribution in [0.3, 0.4) is 0 Å². The smallest absolute Gasteiger partial charge is 0.394 e. The average molecular weight is 241 g/mol. The lowest BCUT2D eigenvalue weighted by Gasteiger charge is -2.21. The molecule has 0 saturated carbocycles. The summed E-state index contributed by atoms with van der Waals surface area (Å²) < 4.78 is 8.75. The first kappa shape index (κ1) is 13.2. The maximum Gasteiger partial charge on any atom is 0.514 e. The molecule has 80 valence electrons. The molecule has 0 fully saturated rings. The van der Waals surface area contributed by atoms with Crippen molar-refractivity contribution in [2.75, 3.05) is 0 Å². The SMILES string of the molecule is C=CC(N)(Cl)OC(=O)OC(N)(Cl)C=C. The lowest BCUT2D eigenvalue weighted by molar-refractivity contribution is 0.00118. The Morgan fingerprint density at radius 1 is 1.14 bits per heavy atom. The summed E-state index contributed by atoms with van der Waals surface area (Å²) in [7, 11) is 0. The van der Waals surface area contributed by atoms with Crippen LogP contribution >= 0.6 is 23.2 Å². The Morgan fingerprint density at radius 3 is 1.64 bits per heavy atom. The van der Waals surface area contributed by atoms with Crippen molar-refractivity contribution in [1.82, 2.24) is 0 Å². The molecule has 0 amide bonds. The zero-order valence-corrected chi connectivity index (χ0v) is 8.72. The fourth-order valence-corrected chi connectivity index (χ4v) is 0.486. The Labute approximate surface area is 91.2 Å². The van der Waals surface area contributed by atoms with Crippen LogP contribution in [0.2, 0.25) is 0 Å². The maximum atomic E-state index is 10.9. The Morgan fingerprint density at radius 2 is 1.43 bits per heavy atom. The zero-order valence-electron chi connectivity index (χ0n) is 7.20. The van der Waals surface area contributed by atoms with Crippen LogP contribution in [0, 0.1) is 0 Å². The second-order valence-corrected chi connectivity index (χ2v) is 3.44. The standard InChI is InChI=1S/C7H10Cl2N2O3/c1-3-6(8,10)13-5(12)14-7(9,11)4-2/h3-4H,1-2,10-11H2. The molecule has 0 aromatic heterocycles. The topological polar surface area (TPSA) is 87.6 Å². The summed E-state index contributed by atoms with van der Waals surface area (Å²) >= 11 is 10.8. The van der Waals surface area contributed by atoms with Gasteiger partial charge in [0.25, 0.3) is 10.4 Å². The third-order valence-electron chi connectivity index (χ3n) is 1.04. The van der Waals surface area contributed by atoms with Crippen molar-refractivity contribution in [3.05, 3.63) is 25.3 Å². The highest BCUT2D eigenvalue weighted by Crippen LogP contribution is 2.16. The number of halogens is 2. The molecule has 7 heteroatoms. The molecule has 0 saturated heterocycles. The van der Waals surface area contributed by atoms with Gasteiger partial charge in [-0.15, -0.1) is 0 Å².